The molecule has 0 bridgehead atoms. The van der Waals surface area contributed by atoms with Gasteiger partial charge in [-0.15, -0.1) is 0 Å². The first-order chi connectivity index (χ1) is 12.3. The van der Waals surface area contributed by atoms with Gasteiger partial charge in [0.25, 0.3) is 0 Å². The molecule has 2 N–H and O–H groups in total. The Morgan fingerprint density at radius 2 is 1.76 bits per heavy atom. The van der Waals surface area contributed by atoms with Crippen molar-refractivity contribution in [1.82, 2.24) is 5.32 Å². The van der Waals surface area contributed by atoms with Crippen molar-refractivity contribution in [3.8, 4) is 5.75 Å². The van der Waals surface area contributed by atoms with E-state index < -0.39 is 0 Å². The summed E-state index contributed by atoms with van der Waals surface area (Å²) in [6.45, 7) is 2.06. The maximum Gasteiger partial charge on any atom is 0.238 e. The van der Waals surface area contributed by atoms with Crippen LogP contribution in [0.15, 0.2) is 54.6 Å². The number of nitrogens with one attached hydrogen (secondary N) is 2. The van der Waals surface area contributed by atoms with Crippen molar-refractivity contribution in [3.63, 3.8) is 0 Å². The molecule has 0 fully saturated rings. The SMILES string of the molecule is COCCNCC(=O)Nc1ccccc1OCCCc1ccccc1. The van der Waals surface area contributed by atoms with Gasteiger partial charge in [0.1, 0.15) is 5.75 Å². The molecule has 2 rings (SSSR count). The standard InChI is InChI=1S/C20H26N2O3/c1-24-15-13-21-16-20(23)22-18-11-5-6-12-19(18)25-14-7-10-17-8-3-2-4-9-17/h2-6,8-9,11-12,21H,7,10,13-16H2,1H3,(H,22,23). The summed E-state index contributed by atoms with van der Waals surface area (Å²) in [5.74, 6) is 0.595. The summed E-state index contributed by atoms with van der Waals surface area (Å²) in [5, 5.41) is 5.90. The van der Waals surface area contributed by atoms with Crippen LogP contribution in [0.3, 0.4) is 0 Å². The number of hydrogen-bond donors (Lipinski definition) is 2. The van der Waals surface area contributed by atoms with Gasteiger partial charge in [-0.1, -0.05) is 42.5 Å². The Balaban J connectivity index is 1.76. The second-order valence-electron chi connectivity index (χ2n) is 5.65. The lowest BCUT2D eigenvalue weighted by molar-refractivity contribution is -0.115. The van der Waals surface area contributed by atoms with Crippen LogP contribution in [0.1, 0.15) is 12.0 Å². The van der Waals surface area contributed by atoms with E-state index in [2.05, 4.69) is 22.8 Å². The smallest absolute Gasteiger partial charge is 0.238 e. The highest BCUT2D eigenvalue weighted by atomic mass is 16.5. The molecular formula is C20H26N2O3. The highest BCUT2D eigenvalue weighted by molar-refractivity contribution is 5.93. The van der Waals surface area contributed by atoms with Crippen molar-refractivity contribution < 1.29 is 14.3 Å². The van der Waals surface area contributed by atoms with Crippen LogP contribution >= 0.6 is 0 Å². The summed E-state index contributed by atoms with van der Waals surface area (Å²) in [4.78, 5) is 12.0. The van der Waals surface area contributed by atoms with Gasteiger partial charge in [0, 0.05) is 13.7 Å². The number of anilines is 1. The van der Waals surface area contributed by atoms with Crippen molar-refractivity contribution in [2.75, 3.05) is 38.7 Å². The van der Waals surface area contributed by atoms with Gasteiger partial charge in [-0.2, -0.15) is 0 Å². The number of methoxy groups -OCH3 is 1. The molecule has 5 heteroatoms. The predicted octanol–water partition coefficient (Wildman–Crippen LogP) is 2.87. The van der Waals surface area contributed by atoms with E-state index in [4.69, 9.17) is 9.47 Å². The number of ether oxygens (including phenoxy) is 2. The molecule has 0 unspecified atom stereocenters. The second kappa shape index (κ2) is 11.2. The Hall–Kier alpha value is -2.37. The molecule has 0 spiro atoms. The molecule has 0 aromatic heterocycles. The van der Waals surface area contributed by atoms with Gasteiger partial charge in [0.15, 0.2) is 0 Å². The maximum absolute atomic E-state index is 12.0. The average molecular weight is 342 g/mol. The van der Waals surface area contributed by atoms with E-state index >= 15 is 0 Å². The topological polar surface area (TPSA) is 59.6 Å². The Labute approximate surface area is 149 Å². The fraction of sp³-hybridized carbons (Fsp3) is 0.350. The first-order valence-corrected chi connectivity index (χ1v) is 8.55. The van der Waals surface area contributed by atoms with Crippen LogP contribution in [-0.2, 0) is 16.0 Å². The van der Waals surface area contributed by atoms with Crippen LogP contribution in [0, 0.1) is 0 Å². The Bertz CT molecular complexity index is 632. The summed E-state index contributed by atoms with van der Waals surface area (Å²) in [6.07, 6.45) is 1.89. The number of hydrogen-bond acceptors (Lipinski definition) is 4. The molecule has 5 nitrogen and oxygen atoms in total. The molecule has 1 amide bonds. The molecular weight excluding hydrogens is 316 g/mol. The van der Waals surface area contributed by atoms with Crippen molar-refractivity contribution in [2.24, 2.45) is 0 Å². The van der Waals surface area contributed by atoms with Crippen LogP contribution in [0.2, 0.25) is 0 Å². The zero-order chi connectivity index (χ0) is 17.7. The lowest BCUT2D eigenvalue weighted by Crippen LogP contribution is -2.30. The molecule has 0 atom stereocenters. The van der Waals surface area contributed by atoms with Crippen LogP contribution in [0.25, 0.3) is 0 Å². The first-order valence-electron chi connectivity index (χ1n) is 8.55. The zero-order valence-electron chi connectivity index (χ0n) is 14.7. The van der Waals surface area contributed by atoms with Gasteiger partial charge in [0.05, 0.1) is 25.4 Å². The van der Waals surface area contributed by atoms with Crippen molar-refractivity contribution in [2.45, 2.75) is 12.8 Å². The molecule has 2 aromatic rings. The van der Waals surface area contributed by atoms with Crippen molar-refractivity contribution in [3.05, 3.63) is 60.2 Å². The summed E-state index contributed by atoms with van der Waals surface area (Å²) >= 11 is 0. The summed E-state index contributed by atoms with van der Waals surface area (Å²) < 4.78 is 10.8. The van der Waals surface area contributed by atoms with Crippen LogP contribution in [-0.4, -0.2) is 39.3 Å². The van der Waals surface area contributed by atoms with Crippen LogP contribution in [0.4, 0.5) is 5.69 Å². The Kier molecular flexibility index (Phi) is 8.52. The molecule has 0 aliphatic rings. The molecule has 134 valence electrons. The third-order valence-electron chi connectivity index (χ3n) is 3.64. The minimum absolute atomic E-state index is 0.101. The number of benzene rings is 2. The Morgan fingerprint density at radius 3 is 2.56 bits per heavy atom. The number of carbonyl (C=O) groups excluding carboxylic acids is 1. The van der Waals surface area contributed by atoms with Gasteiger partial charge < -0.3 is 20.1 Å². The molecule has 2 aromatic carbocycles. The zero-order valence-corrected chi connectivity index (χ0v) is 14.7. The van der Waals surface area contributed by atoms with E-state index in [1.165, 1.54) is 5.56 Å². The van der Waals surface area contributed by atoms with E-state index in [-0.39, 0.29) is 12.5 Å². The van der Waals surface area contributed by atoms with Gasteiger partial charge in [-0.25, -0.2) is 0 Å². The molecule has 0 heterocycles. The van der Waals surface area contributed by atoms with E-state index in [1.807, 2.05) is 42.5 Å². The van der Waals surface area contributed by atoms with Crippen molar-refractivity contribution in [1.29, 1.82) is 0 Å². The first kappa shape index (κ1) is 19.0. The summed E-state index contributed by atoms with van der Waals surface area (Å²) in [6, 6.07) is 17.8. The highest BCUT2D eigenvalue weighted by Crippen LogP contribution is 2.23. The second-order valence-corrected chi connectivity index (χ2v) is 5.65. The van der Waals surface area contributed by atoms with Crippen LogP contribution in [0.5, 0.6) is 5.75 Å². The summed E-state index contributed by atoms with van der Waals surface area (Å²) in [5.41, 5.74) is 2.00. The minimum atomic E-state index is -0.101. The minimum Gasteiger partial charge on any atom is -0.491 e. The molecule has 0 aliphatic heterocycles. The van der Waals surface area contributed by atoms with E-state index in [9.17, 15) is 4.79 Å². The number of aryl methyl sites for hydroxylation is 1. The molecule has 0 saturated heterocycles. The quantitative estimate of drug-likeness (QED) is 0.617. The average Bonchev–Trinajstić information content (AvgIpc) is 2.64. The maximum atomic E-state index is 12.0. The van der Waals surface area contributed by atoms with Gasteiger partial charge in [-0.05, 0) is 30.5 Å². The fourth-order valence-electron chi connectivity index (χ4n) is 2.37. The number of para-hydroxylation sites is 2. The van der Waals surface area contributed by atoms with E-state index in [0.717, 1.165) is 12.8 Å². The van der Waals surface area contributed by atoms with E-state index in [1.54, 1.807) is 7.11 Å². The predicted molar refractivity (Wildman–Crippen MR) is 100 cm³/mol. The number of rotatable bonds is 11. The van der Waals surface area contributed by atoms with Gasteiger partial charge in [-0.3, -0.25) is 4.79 Å². The molecule has 0 saturated carbocycles. The van der Waals surface area contributed by atoms with Crippen LogP contribution < -0.4 is 15.4 Å². The fourth-order valence-corrected chi connectivity index (χ4v) is 2.37. The van der Waals surface area contributed by atoms with Gasteiger partial charge >= 0.3 is 0 Å². The molecule has 0 aliphatic carbocycles. The normalized spacial score (nSPS) is 10.4. The number of carbonyl (C=O) groups is 1. The highest BCUT2D eigenvalue weighted by Gasteiger charge is 2.07. The Morgan fingerprint density at radius 1 is 1.00 bits per heavy atom. The molecule has 25 heavy (non-hydrogen) atoms. The van der Waals surface area contributed by atoms with Crippen molar-refractivity contribution >= 4 is 11.6 Å². The monoisotopic (exact) mass is 342 g/mol. The largest absolute Gasteiger partial charge is 0.491 e. The third kappa shape index (κ3) is 7.37. The lowest BCUT2D eigenvalue weighted by atomic mass is 10.1. The van der Waals surface area contributed by atoms with Gasteiger partial charge in [0.2, 0.25) is 5.91 Å². The lowest BCUT2D eigenvalue weighted by Gasteiger charge is -2.13. The molecule has 0 radical (unpaired) electrons. The number of amides is 1. The summed E-state index contributed by atoms with van der Waals surface area (Å²) in [7, 11) is 1.63. The van der Waals surface area contributed by atoms with E-state index in [0.29, 0.717) is 31.2 Å². The third-order valence-corrected chi connectivity index (χ3v) is 3.64.